The van der Waals surface area contributed by atoms with Gasteiger partial charge in [0.05, 0.1) is 37.3 Å². The van der Waals surface area contributed by atoms with Crippen LogP contribution < -0.4 is 14.9 Å². The van der Waals surface area contributed by atoms with E-state index in [9.17, 15) is 29.8 Å². The molecule has 0 amide bonds. The summed E-state index contributed by atoms with van der Waals surface area (Å²) >= 11 is 13.3. The van der Waals surface area contributed by atoms with Crippen molar-refractivity contribution in [2.24, 2.45) is 4.99 Å². The number of esters is 1. The molecule has 0 unspecified atom stereocenters. The van der Waals surface area contributed by atoms with Crippen molar-refractivity contribution in [3.05, 3.63) is 133 Å². The fourth-order valence-electron chi connectivity index (χ4n) is 5.04. The fourth-order valence-corrected chi connectivity index (χ4v) is 6.47. The first kappa shape index (κ1) is 31.7. The van der Waals surface area contributed by atoms with Crippen molar-refractivity contribution in [3.63, 3.8) is 0 Å². The van der Waals surface area contributed by atoms with Crippen LogP contribution in [0.15, 0.2) is 90.6 Å². The van der Waals surface area contributed by atoms with E-state index in [1.807, 2.05) is 0 Å². The Labute approximate surface area is 277 Å². The zero-order valence-electron chi connectivity index (χ0n) is 24.3. The molecule has 4 heterocycles. The Morgan fingerprint density at radius 2 is 1.77 bits per heavy atom. The third kappa shape index (κ3) is 5.89. The number of fused-ring (bicyclic) bond motifs is 1. The molecule has 1 aliphatic rings. The Morgan fingerprint density at radius 1 is 1.02 bits per heavy atom. The summed E-state index contributed by atoms with van der Waals surface area (Å²) in [5.74, 6) is 0.231. The molecule has 1 aliphatic heterocycles. The number of ether oxygens (including phenoxy) is 1. The monoisotopic (exact) mass is 694 g/mol. The molecule has 2 aromatic carbocycles. The van der Waals surface area contributed by atoms with E-state index in [0.29, 0.717) is 17.0 Å². The molecule has 0 saturated heterocycles. The molecular formula is C31H20Cl2N4O9S. The number of halogens is 2. The highest BCUT2D eigenvalue weighted by Crippen LogP contribution is 2.37. The van der Waals surface area contributed by atoms with E-state index in [-0.39, 0.29) is 65.8 Å². The van der Waals surface area contributed by atoms with Gasteiger partial charge in [-0.1, -0.05) is 34.5 Å². The molecule has 0 aliphatic carbocycles. The van der Waals surface area contributed by atoms with Gasteiger partial charge in [-0.05, 0) is 56.3 Å². The zero-order valence-corrected chi connectivity index (χ0v) is 26.6. The highest BCUT2D eigenvalue weighted by atomic mass is 35.5. The molecule has 238 valence electrons. The molecule has 0 spiro atoms. The van der Waals surface area contributed by atoms with Crippen LogP contribution >= 0.6 is 34.5 Å². The van der Waals surface area contributed by atoms with Crippen LogP contribution in [0.25, 0.3) is 28.7 Å². The van der Waals surface area contributed by atoms with E-state index in [0.717, 1.165) is 11.3 Å². The van der Waals surface area contributed by atoms with E-state index in [4.69, 9.17) is 36.8 Å². The van der Waals surface area contributed by atoms with E-state index < -0.39 is 27.4 Å². The van der Waals surface area contributed by atoms with Crippen molar-refractivity contribution in [1.29, 1.82) is 0 Å². The number of carbonyl (C=O) groups is 1. The maximum Gasteiger partial charge on any atom is 0.338 e. The molecule has 0 fully saturated rings. The zero-order chi connectivity index (χ0) is 33.6. The van der Waals surface area contributed by atoms with Crippen molar-refractivity contribution in [2.45, 2.75) is 19.9 Å². The molecule has 13 nitrogen and oxygen atoms in total. The highest BCUT2D eigenvalue weighted by Gasteiger charge is 2.36. The molecule has 5 aromatic rings. The van der Waals surface area contributed by atoms with Gasteiger partial charge in [0.2, 0.25) is 0 Å². The third-order valence-electron chi connectivity index (χ3n) is 7.17. The van der Waals surface area contributed by atoms with Gasteiger partial charge in [0.15, 0.2) is 4.80 Å². The Hall–Kier alpha value is -5.31. The number of carbonyl (C=O) groups excluding carboxylic acids is 1. The Morgan fingerprint density at radius 3 is 2.49 bits per heavy atom. The van der Waals surface area contributed by atoms with Gasteiger partial charge in [0.1, 0.15) is 34.1 Å². The van der Waals surface area contributed by atoms with Gasteiger partial charge in [0.25, 0.3) is 16.9 Å². The number of furan rings is 2. The van der Waals surface area contributed by atoms with E-state index in [1.54, 1.807) is 44.2 Å². The van der Waals surface area contributed by atoms with E-state index >= 15 is 0 Å². The van der Waals surface area contributed by atoms with Crippen LogP contribution in [0.1, 0.15) is 31.4 Å². The molecule has 6 rings (SSSR count). The van der Waals surface area contributed by atoms with Gasteiger partial charge in [-0.15, -0.1) is 0 Å². The number of aromatic nitrogens is 1. The normalized spacial score (nSPS) is 14.6. The van der Waals surface area contributed by atoms with Crippen molar-refractivity contribution in [2.75, 3.05) is 6.61 Å². The van der Waals surface area contributed by atoms with Gasteiger partial charge < -0.3 is 13.6 Å². The predicted molar refractivity (Wildman–Crippen MR) is 172 cm³/mol. The topological polar surface area (TPSA) is 173 Å². The lowest BCUT2D eigenvalue weighted by Gasteiger charge is -2.22. The fraction of sp³-hybridized carbons (Fsp3) is 0.129. The van der Waals surface area contributed by atoms with Gasteiger partial charge in [0, 0.05) is 35.4 Å². The molecule has 0 N–H and O–H groups in total. The predicted octanol–water partition coefficient (Wildman–Crippen LogP) is 6.44. The summed E-state index contributed by atoms with van der Waals surface area (Å²) in [6, 6.07) is 13.4. The minimum atomic E-state index is -1.10. The van der Waals surface area contributed by atoms with Crippen LogP contribution in [0.2, 0.25) is 10.0 Å². The number of rotatable bonds is 8. The average Bonchev–Trinajstić information content (AvgIpc) is 3.77. The summed E-state index contributed by atoms with van der Waals surface area (Å²) in [5.41, 5.74) is 0.0377. The minimum Gasteiger partial charge on any atom is -0.463 e. The van der Waals surface area contributed by atoms with Crippen LogP contribution in [0.4, 0.5) is 11.4 Å². The summed E-state index contributed by atoms with van der Waals surface area (Å²) in [6.45, 7) is 3.33. The molecule has 3 aromatic heterocycles. The van der Waals surface area contributed by atoms with Crippen LogP contribution in [-0.4, -0.2) is 27.0 Å². The van der Waals surface area contributed by atoms with Gasteiger partial charge >= 0.3 is 5.97 Å². The van der Waals surface area contributed by atoms with Gasteiger partial charge in [-0.2, -0.15) is 0 Å². The van der Waals surface area contributed by atoms with Gasteiger partial charge in [-0.3, -0.25) is 29.6 Å². The second-order valence-corrected chi connectivity index (χ2v) is 11.9. The molecule has 16 heteroatoms. The summed E-state index contributed by atoms with van der Waals surface area (Å²) < 4.78 is 18.8. The largest absolute Gasteiger partial charge is 0.463 e. The Bertz CT molecular complexity index is 2330. The number of allylic oxidation sites excluding steroid dienone is 1. The number of hydrogen-bond donors (Lipinski definition) is 0. The summed E-state index contributed by atoms with van der Waals surface area (Å²) in [4.78, 5) is 53.5. The van der Waals surface area contributed by atoms with Crippen molar-refractivity contribution >= 4 is 58.0 Å². The second kappa shape index (κ2) is 12.5. The number of non-ortho nitro benzene ring substituents is 1. The highest BCUT2D eigenvalue weighted by molar-refractivity contribution is 7.07. The van der Waals surface area contributed by atoms with Crippen LogP contribution in [0.5, 0.6) is 0 Å². The number of thiazole rings is 1. The third-order valence-corrected chi connectivity index (χ3v) is 8.80. The number of nitrogens with zero attached hydrogens (tertiary/aromatic N) is 4. The van der Waals surface area contributed by atoms with Crippen LogP contribution in [0.3, 0.4) is 0 Å². The number of nitro groups is 2. The molecular weight excluding hydrogens is 675 g/mol. The van der Waals surface area contributed by atoms with Crippen molar-refractivity contribution in [3.8, 4) is 22.6 Å². The lowest BCUT2D eigenvalue weighted by molar-refractivity contribution is -0.384. The summed E-state index contributed by atoms with van der Waals surface area (Å²) in [7, 11) is 0. The smallest absolute Gasteiger partial charge is 0.338 e. The van der Waals surface area contributed by atoms with Gasteiger partial charge in [-0.25, -0.2) is 9.79 Å². The first-order valence-corrected chi connectivity index (χ1v) is 15.3. The molecule has 47 heavy (non-hydrogen) atoms. The minimum absolute atomic E-state index is 0.0180. The summed E-state index contributed by atoms with van der Waals surface area (Å²) in [5, 5.41) is 22.9. The summed E-state index contributed by atoms with van der Waals surface area (Å²) in [6.07, 6.45) is 1.49. The second-order valence-electron chi connectivity index (χ2n) is 10.1. The van der Waals surface area contributed by atoms with Crippen molar-refractivity contribution in [1.82, 2.24) is 4.57 Å². The number of nitro benzene ring substituents is 2. The molecule has 0 saturated carbocycles. The molecule has 1 atom stereocenters. The van der Waals surface area contributed by atoms with Crippen molar-refractivity contribution < 1.29 is 28.2 Å². The first-order chi connectivity index (χ1) is 22.5. The average molecular weight is 695 g/mol. The SMILES string of the molecule is CCOC(=O)C1=C(C)N=c2s/c(=C\c3ccc(-c4ccc(Cl)c([N+](=O)[O-])c4)o3)c(=O)n2[C@H]1c1ccc(-c2cc([N+](=O)[O-])ccc2Cl)o1. The standard InChI is InChI=1S/C31H20Cl2N4O9S/c1-3-44-30(39)27-15(2)34-31-35(28(27)25-11-10-24(46-25)19-13-17(36(40)41)5-8-20(19)32)29(38)26(47-31)14-18-6-9-23(45-18)16-4-7-21(33)22(12-16)37(42)43/h4-14,28H,3H2,1-2H3/b26-14-/t28-/m0/s1. The maximum absolute atomic E-state index is 14.0. The van der Waals surface area contributed by atoms with E-state index in [1.165, 1.54) is 41.0 Å². The molecule has 0 bridgehead atoms. The Kier molecular flexibility index (Phi) is 8.40. The maximum atomic E-state index is 14.0. The lowest BCUT2D eigenvalue weighted by Crippen LogP contribution is -2.39. The van der Waals surface area contributed by atoms with Crippen LogP contribution in [-0.2, 0) is 9.53 Å². The quantitative estimate of drug-likeness (QED) is 0.101. The number of hydrogen-bond acceptors (Lipinski definition) is 11. The molecule has 0 radical (unpaired) electrons. The first-order valence-electron chi connectivity index (χ1n) is 13.7. The Balaban J connectivity index is 1.45. The van der Waals surface area contributed by atoms with E-state index in [2.05, 4.69) is 4.99 Å². The lowest BCUT2D eigenvalue weighted by atomic mass is 10.0. The van der Waals surface area contributed by atoms with Crippen LogP contribution in [0, 0.1) is 20.2 Å². The number of benzene rings is 2.